The minimum absolute atomic E-state index is 0.208. The Kier molecular flexibility index (Phi) is 1.71. The van der Waals surface area contributed by atoms with Crippen LogP contribution in [0.5, 0.6) is 0 Å². The van der Waals surface area contributed by atoms with Crippen LogP contribution in [0.1, 0.15) is 18.2 Å². The molecule has 0 unspecified atom stereocenters. The molecule has 0 amide bonds. The number of aliphatic imine (C=N–C) groups is 1. The number of nitrogens with zero attached hydrogens (tertiary/aromatic N) is 2. The Labute approximate surface area is 87.2 Å². The molecule has 3 heterocycles. The normalized spacial score (nSPS) is 19.1. The summed E-state index contributed by atoms with van der Waals surface area (Å²) in [6.07, 6.45) is 7.63. The maximum Gasteiger partial charge on any atom is 0.227 e. The van der Waals surface area contributed by atoms with Gasteiger partial charge in [0.1, 0.15) is 0 Å². The van der Waals surface area contributed by atoms with Gasteiger partial charge in [-0.3, -0.25) is 4.99 Å². The Balaban J connectivity index is 2.33. The molecule has 2 aromatic rings. The molecule has 0 bridgehead atoms. The van der Waals surface area contributed by atoms with Crippen LogP contribution in [0, 0.1) is 0 Å². The van der Waals surface area contributed by atoms with Crippen LogP contribution in [-0.4, -0.2) is 17.2 Å². The molecule has 0 aliphatic carbocycles. The van der Waals surface area contributed by atoms with E-state index in [0.29, 0.717) is 5.71 Å². The first-order chi connectivity index (χ1) is 7.34. The van der Waals surface area contributed by atoms with Crippen molar-refractivity contribution in [3.63, 3.8) is 0 Å². The van der Waals surface area contributed by atoms with Crippen LogP contribution in [0.2, 0.25) is 0 Å². The maximum atomic E-state index is 5.61. The molecule has 1 aliphatic rings. The molecule has 1 atom stereocenters. The summed E-state index contributed by atoms with van der Waals surface area (Å²) in [6.45, 7) is 2.04. The monoisotopic (exact) mass is 198 g/mol. The number of aromatic nitrogens is 1. The molecule has 0 fully saturated rings. The Morgan fingerprint density at radius 3 is 3.27 bits per heavy atom. The standard InChI is InChI=1S/C12H10N2O/c1-8-4-5-9-10-3-2-6-13-12(10)15-11(9)7-14-8/h2-8H,1H3/t8-/m0/s1. The highest BCUT2D eigenvalue weighted by Gasteiger charge is 2.12. The van der Waals surface area contributed by atoms with Crippen LogP contribution in [0.4, 0.5) is 0 Å². The molecule has 15 heavy (non-hydrogen) atoms. The fraction of sp³-hybridized carbons (Fsp3) is 0.167. The van der Waals surface area contributed by atoms with Gasteiger partial charge in [-0.15, -0.1) is 0 Å². The maximum absolute atomic E-state index is 5.61. The fourth-order valence-electron chi connectivity index (χ4n) is 1.71. The lowest BCUT2D eigenvalue weighted by Gasteiger charge is -1.92. The Bertz CT molecular complexity index is 566. The van der Waals surface area contributed by atoms with E-state index in [2.05, 4.69) is 22.1 Å². The van der Waals surface area contributed by atoms with Crippen molar-refractivity contribution in [2.75, 3.05) is 0 Å². The van der Waals surface area contributed by atoms with Crippen LogP contribution in [0.3, 0.4) is 0 Å². The Morgan fingerprint density at radius 2 is 2.33 bits per heavy atom. The van der Waals surface area contributed by atoms with E-state index in [9.17, 15) is 0 Å². The molecule has 0 N–H and O–H groups in total. The molecular weight excluding hydrogens is 188 g/mol. The highest BCUT2D eigenvalue weighted by atomic mass is 16.3. The zero-order chi connectivity index (χ0) is 10.3. The first-order valence-electron chi connectivity index (χ1n) is 4.93. The highest BCUT2D eigenvalue weighted by molar-refractivity contribution is 5.96. The van der Waals surface area contributed by atoms with E-state index in [1.54, 1.807) is 12.4 Å². The topological polar surface area (TPSA) is 38.4 Å². The van der Waals surface area contributed by atoms with Crippen molar-refractivity contribution in [3.8, 4) is 0 Å². The third kappa shape index (κ3) is 1.28. The molecule has 3 nitrogen and oxygen atoms in total. The van der Waals surface area contributed by atoms with Gasteiger partial charge in [0, 0.05) is 17.1 Å². The summed E-state index contributed by atoms with van der Waals surface area (Å²) >= 11 is 0. The van der Waals surface area contributed by atoms with Crippen molar-refractivity contribution < 1.29 is 4.42 Å². The lowest BCUT2D eigenvalue weighted by Crippen LogP contribution is -1.89. The van der Waals surface area contributed by atoms with Crippen LogP contribution >= 0.6 is 0 Å². The molecule has 3 rings (SSSR count). The summed E-state index contributed by atoms with van der Waals surface area (Å²) in [7, 11) is 0. The van der Waals surface area contributed by atoms with Gasteiger partial charge < -0.3 is 4.42 Å². The van der Waals surface area contributed by atoms with E-state index in [1.165, 1.54) is 0 Å². The fourth-order valence-corrected chi connectivity index (χ4v) is 1.71. The molecule has 0 saturated heterocycles. The van der Waals surface area contributed by atoms with E-state index >= 15 is 0 Å². The predicted molar refractivity (Wildman–Crippen MR) is 60.1 cm³/mol. The second-order valence-corrected chi connectivity index (χ2v) is 3.61. The molecule has 74 valence electrons. The highest BCUT2D eigenvalue weighted by Crippen LogP contribution is 2.25. The summed E-state index contributed by atoms with van der Waals surface area (Å²) in [5.41, 5.74) is 1.75. The zero-order valence-corrected chi connectivity index (χ0v) is 8.34. The van der Waals surface area contributed by atoms with Crippen molar-refractivity contribution >= 4 is 23.4 Å². The number of hydrogen-bond acceptors (Lipinski definition) is 3. The summed E-state index contributed by atoms with van der Waals surface area (Å²) in [5.74, 6) is 0.796. The van der Waals surface area contributed by atoms with Gasteiger partial charge in [0.05, 0.1) is 12.3 Å². The van der Waals surface area contributed by atoms with Crippen LogP contribution in [-0.2, 0) is 0 Å². The van der Waals surface area contributed by atoms with Crippen LogP contribution in [0.25, 0.3) is 17.2 Å². The van der Waals surface area contributed by atoms with Gasteiger partial charge >= 0.3 is 0 Å². The van der Waals surface area contributed by atoms with Gasteiger partial charge in [-0.25, -0.2) is 4.98 Å². The SMILES string of the molecule is C[C@H]1C=Cc2c(oc3ncccc23)C=N1. The van der Waals surface area contributed by atoms with Gasteiger partial charge in [0.25, 0.3) is 0 Å². The van der Waals surface area contributed by atoms with Crippen molar-refractivity contribution in [1.82, 2.24) is 4.98 Å². The van der Waals surface area contributed by atoms with Gasteiger partial charge in [-0.05, 0) is 19.1 Å². The van der Waals surface area contributed by atoms with Crippen molar-refractivity contribution in [2.24, 2.45) is 4.99 Å². The van der Waals surface area contributed by atoms with E-state index in [0.717, 1.165) is 16.7 Å². The number of pyridine rings is 1. The van der Waals surface area contributed by atoms with E-state index in [-0.39, 0.29) is 6.04 Å². The third-order valence-electron chi connectivity index (χ3n) is 2.50. The number of hydrogen-bond donors (Lipinski definition) is 0. The van der Waals surface area contributed by atoms with Crippen LogP contribution in [0.15, 0.2) is 33.8 Å². The van der Waals surface area contributed by atoms with E-state index < -0.39 is 0 Å². The minimum Gasteiger partial charge on any atom is -0.436 e. The first kappa shape index (κ1) is 8.41. The summed E-state index contributed by atoms with van der Waals surface area (Å²) in [4.78, 5) is 8.50. The number of rotatable bonds is 0. The molecule has 0 saturated carbocycles. The molecule has 2 aromatic heterocycles. The molecule has 1 aliphatic heterocycles. The molecular formula is C12H10N2O. The number of furan rings is 1. The van der Waals surface area contributed by atoms with Crippen LogP contribution < -0.4 is 0 Å². The van der Waals surface area contributed by atoms with E-state index in [4.69, 9.17) is 4.42 Å². The summed E-state index contributed by atoms with van der Waals surface area (Å²) in [6, 6.07) is 4.13. The smallest absolute Gasteiger partial charge is 0.227 e. The van der Waals surface area contributed by atoms with Crippen molar-refractivity contribution in [2.45, 2.75) is 13.0 Å². The first-order valence-corrected chi connectivity index (χ1v) is 4.93. The summed E-state index contributed by atoms with van der Waals surface area (Å²) < 4.78 is 5.61. The summed E-state index contributed by atoms with van der Waals surface area (Å²) in [5, 5.41) is 1.05. The van der Waals surface area contributed by atoms with Gasteiger partial charge in [-0.1, -0.05) is 12.2 Å². The Hall–Kier alpha value is -1.90. The average Bonchev–Trinajstić information content (AvgIpc) is 2.51. The molecule has 0 spiro atoms. The van der Waals surface area contributed by atoms with Crippen molar-refractivity contribution in [1.29, 1.82) is 0 Å². The van der Waals surface area contributed by atoms with Gasteiger partial charge in [0.15, 0.2) is 5.76 Å². The van der Waals surface area contributed by atoms with Gasteiger partial charge in [0.2, 0.25) is 5.71 Å². The largest absolute Gasteiger partial charge is 0.436 e. The van der Waals surface area contributed by atoms with E-state index in [1.807, 2.05) is 19.1 Å². The molecule has 0 aromatic carbocycles. The second-order valence-electron chi connectivity index (χ2n) is 3.61. The number of fused-ring (bicyclic) bond motifs is 3. The minimum atomic E-state index is 0.208. The predicted octanol–water partition coefficient (Wildman–Crippen LogP) is 2.66. The Morgan fingerprint density at radius 1 is 1.40 bits per heavy atom. The molecule has 0 radical (unpaired) electrons. The van der Waals surface area contributed by atoms with Gasteiger partial charge in [-0.2, -0.15) is 0 Å². The lowest BCUT2D eigenvalue weighted by atomic mass is 10.1. The average molecular weight is 198 g/mol. The molecule has 3 heteroatoms. The van der Waals surface area contributed by atoms with Crippen molar-refractivity contribution in [3.05, 3.63) is 35.7 Å². The lowest BCUT2D eigenvalue weighted by molar-refractivity contribution is 0.594. The quantitative estimate of drug-likeness (QED) is 0.652. The zero-order valence-electron chi connectivity index (χ0n) is 8.34. The third-order valence-corrected chi connectivity index (χ3v) is 2.50. The second kappa shape index (κ2) is 3.05.